The summed E-state index contributed by atoms with van der Waals surface area (Å²) in [7, 11) is 0. The summed E-state index contributed by atoms with van der Waals surface area (Å²) in [5.74, 6) is 5.96. The second-order valence-electron chi connectivity index (χ2n) is 4.88. The van der Waals surface area contributed by atoms with Crippen molar-refractivity contribution in [1.29, 1.82) is 0 Å². The third kappa shape index (κ3) is 4.35. The molecular weight excluding hydrogens is 281 g/mol. The Balaban J connectivity index is 2.13. The second-order valence-corrected chi connectivity index (χ2v) is 5.89. The molecule has 0 atom stereocenters. The zero-order chi connectivity index (χ0) is 15.2. The Morgan fingerprint density at radius 2 is 1.95 bits per heavy atom. The quantitative estimate of drug-likeness (QED) is 0.683. The largest absolute Gasteiger partial charge is 0.320 e. The van der Waals surface area contributed by atoms with E-state index in [1.54, 1.807) is 23.9 Å². The maximum atomic E-state index is 13.6. The molecule has 0 unspecified atom stereocenters. The Hall–Kier alpha value is -1.76. The van der Waals surface area contributed by atoms with Crippen molar-refractivity contribution in [3.63, 3.8) is 0 Å². The zero-order valence-corrected chi connectivity index (χ0v) is 13.1. The fraction of sp³-hybridized carbons (Fsp3) is 0.222. The molecule has 0 bridgehead atoms. The number of benzene rings is 2. The van der Waals surface area contributed by atoms with Crippen LogP contribution >= 0.6 is 11.8 Å². The first-order valence-electron chi connectivity index (χ1n) is 6.77. The molecular formula is C18H18FNS. The van der Waals surface area contributed by atoms with Crippen molar-refractivity contribution in [2.75, 3.05) is 6.54 Å². The molecule has 1 nitrogen and oxygen atoms in total. The third-order valence-electron chi connectivity index (χ3n) is 3.08. The lowest BCUT2D eigenvalue weighted by atomic mass is 10.1. The minimum atomic E-state index is -0.295. The van der Waals surface area contributed by atoms with Crippen LogP contribution in [-0.4, -0.2) is 6.54 Å². The first kappa shape index (κ1) is 15.6. The van der Waals surface area contributed by atoms with Crippen LogP contribution < -0.4 is 5.73 Å². The molecule has 2 aromatic rings. The highest BCUT2D eigenvalue weighted by Crippen LogP contribution is 2.27. The molecule has 3 heteroatoms. The predicted molar refractivity (Wildman–Crippen MR) is 87.8 cm³/mol. The zero-order valence-electron chi connectivity index (χ0n) is 12.2. The molecule has 0 saturated carbocycles. The molecule has 0 saturated heterocycles. The minimum absolute atomic E-state index is 0.237. The summed E-state index contributed by atoms with van der Waals surface area (Å²) in [6.07, 6.45) is 0. The summed E-state index contributed by atoms with van der Waals surface area (Å²) in [4.78, 5) is 1.25. The Labute approximate surface area is 129 Å². The van der Waals surface area contributed by atoms with Gasteiger partial charge in [0.25, 0.3) is 0 Å². The third-order valence-corrected chi connectivity index (χ3v) is 4.33. The summed E-state index contributed by atoms with van der Waals surface area (Å²) in [5.41, 5.74) is 9.33. The molecule has 2 N–H and O–H groups in total. The van der Waals surface area contributed by atoms with Crippen LogP contribution in [0.3, 0.4) is 0 Å². The molecule has 2 aromatic carbocycles. The highest BCUT2D eigenvalue weighted by molar-refractivity contribution is 7.98. The fourth-order valence-electron chi connectivity index (χ4n) is 2.03. The van der Waals surface area contributed by atoms with Crippen molar-refractivity contribution >= 4 is 11.8 Å². The highest BCUT2D eigenvalue weighted by atomic mass is 32.2. The van der Waals surface area contributed by atoms with E-state index in [2.05, 4.69) is 43.9 Å². The first-order chi connectivity index (χ1) is 10.1. The van der Waals surface area contributed by atoms with E-state index >= 15 is 0 Å². The lowest BCUT2D eigenvalue weighted by Gasteiger charge is -2.07. The van der Waals surface area contributed by atoms with Gasteiger partial charge in [-0.15, -0.1) is 11.8 Å². The predicted octanol–water partition coefficient (Wildman–Crippen LogP) is 4.05. The van der Waals surface area contributed by atoms with Gasteiger partial charge in [0.05, 0.1) is 12.1 Å². The summed E-state index contributed by atoms with van der Waals surface area (Å²) >= 11 is 1.75. The number of halogens is 1. The molecule has 0 aliphatic heterocycles. The lowest BCUT2D eigenvalue weighted by Crippen LogP contribution is -1.94. The Kier molecular flexibility index (Phi) is 5.44. The van der Waals surface area contributed by atoms with Gasteiger partial charge in [-0.1, -0.05) is 35.6 Å². The highest BCUT2D eigenvalue weighted by Gasteiger charge is 2.04. The van der Waals surface area contributed by atoms with Crippen LogP contribution in [0, 0.1) is 31.5 Å². The normalized spacial score (nSPS) is 10.1. The van der Waals surface area contributed by atoms with Crippen molar-refractivity contribution in [1.82, 2.24) is 0 Å². The molecule has 0 heterocycles. The average molecular weight is 299 g/mol. The van der Waals surface area contributed by atoms with Gasteiger partial charge < -0.3 is 5.73 Å². The number of rotatable bonds is 3. The average Bonchev–Trinajstić information content (AvgIpc) is 2.46. The Morgan fingerprint density at radius 3 is 2.67 bits per heavy atom. The second kappa shape index (κ2) is 7.31. The molecule has 0 amide bonds. The summed E-state index contributed by atoms with van der Waals surface area (Å²) < 4.78 is 13.6. The van der Waals surface area contributed by atoms with E-state index in [0.29, 0.717) is 5.56 Å². The Bertz CT molecular complexity index is 698. The van der Waals surface area contributed by atoms with Crippen LogP contribution in [0.1, 0.15) is 22.3 Å². The summed E-state index contributed by atoms with van der Waals surface area (Å²) in [6, 6.07) is 11.5. The van der Waals surface area contributed by atoms with E-state index < -0.39 is 0 Å². The number of hydrogen-bond acceptors (Lipinski definition) is 2. The smallest absolute Gasteiger partial charge is 0.138 e. The van der Waals surface area contributed by atoms with Gasteiger partial charge in [-0.25, -0.2) is 4.39 Å². The van der Waals surface area contributed by atoms with E-state index in [1.165, 1.54) is 22.1 Å². The number of nitrogens with two attached hydrogens (primary N) is 1. The van der Waals surface area contributed by atoms with Crippen molar-refractivity contribution in [2.45, 2.75) is 24.5 Å². The van der Waals surface area contributed by atoms with Gasteiger partial charge in [0.1, 0.15) is 5.82 Å². The monoisotopic (exact) mass is 299 g/mol. The topological polar surface area (TPSA) is 26.0 Å². The van der Waals surface area contributed by atoms with Gasteiger partial charge in [0, 0.05) is 10.6 Å². The van der Waals surface area contributed by atoms with Gasteiger partial charge in [-0.2, -0.15) is 0 Å². The summed E-state index contributed by atoms with van der Waals surface area (Å²) in [5, 5.41) is 0. The first-order valence-corrected chi connectivity index (χ1v) is 7.76. The van der Waals surface area contributed by atoms with Crippen molar-refractivity contribution in [3.05, 3.63) is 64.5 Å². The van der Waals surface area contributed by atoms with Crippen LogP contribution in [0.2, 0.25) is 0 Å². The molecule has 21 heavy (non-hydrogen) atoms. The maximum absolute atomic E-state index is 13.6. The van der Waals surface area contributed by atoms with Crippen molar-refractivity contribution in [2.24, 2.45) is 5.73 Å². The fourth-order valence-corrected chi connectivity index (χ4v) is 2.98. The van der Waals surface area contributed by atoms with Gasteiger partial charge in [-0.05, 0) is 43.2 Å². The molecule has 2 rings (SSSR count). The summed E-state index contributed by atoms with van der Waals surface area (Å²) in [6.45, 7) is 4.43. The standard InChI is InChI=1S/C18H18FNS/c1-13-5-8-18(14(2)10-13)21-12-15-6-7-17(19)16(11-15)4-3-9-20/h5-8,10-11H,9,12,20H2,1-2H3. The van der Waals surface area contributed by atoms with Crippen molar-refractivity contribution < 1.29 is 4.39 Å². The minimum Gasteiger partial charge on any atom is -0.320 e. The van der Waals surface area contributed by atoms with E-state index in [0.717, 1.165) is 11.3 Å². The Morgan fingerprint density at radius 1 is 1.14 bits per heavy atom. The molecule has 0 spiro atoms. The van der Waals surface area contributed by atoms with Crippen LogP contribution in [0.4, 0.5) is 4.39 Å². The van der Waals surface area contributed by atoms with E-state index in [9.17, 15) is 4.39 Å². The SMILES string of the molecule is Cc1ccc(SCc2ccc(F)c(C#CCN)c2)c(C)c1. The number of thioether (sulfide) groups is 1. The van der Waals surface area contributed by atoms with Crippen LogP contribution in [0.15, 0.2) is 41.3 Å². The van der Waals surface area contributed by atoms with E-state index in [1.807, 2.05) is 0 Å². The molecule has 0 aromatic heterocycles. The van der Waals surface area contributed by atoms with Crippen molar-refractivity contribution in [3.8, 4) is 11.8 Å². The van der Waals surface area contributed by atoms with E-state index in [-0.39, 0.29) is 12.4 Å². The lowest BCUT2D eigenvalue weighted by molar-refractivity contribution is 0.624. The number of aryl methyl sites for hydroxylation is 2. The van der Waals surface area contributed by atoms with Gasteiger partial charge in [-0.3, -0.25) is 0 Å². The van der Waals surface area contributed by atoms with Gasteiger partial charge >= 0.3 is 0 Å². The van der Waals surface area contributed by atoms with E-state index in [4.69, 9.17) is 5.73 Å². The maximum Gasteiger partial charge on any atom is 0.138 e. The molecule has 108 valence electrons. The van der Waals surface area contributed by atoms with Crippen LogP contribution in [0.5, 0.6) is 0 Å². The molecule has 0 fully saturated rings. The van der Waals surface area contributed by atoms with Gasteiger partial charge in [0.15, 0.2) is 0 Å². The molecule has 0 radical (unpaired) electrons. The van der Waals surface area contributed by atoms with Crippen LogP contribution in [-0.2, 0) is 5.75 Å². The van der Waals surface area contributed by atoms with Crippen LogP contribution in [0.25, 0.3) is 0 Å². The number of hydrogen-bond donors (Lipinski definition) is 1. The van der Waals surface area contributed by atoms with Gasteiger partial charge in [0.2, 0.25) is 0 Å². The molecule has 0 aliphatic rings. The molecule has 0 aliphatic carbocycles.